The average molecular weight is 472 g/mol. The molecule has 0 bridgehead atoms. The Morgan fingerprint density at radius 2 is 1.57 bits per heavy atom. The summed E-state index contributed by atoms with van der Waals surface area (Å²) < 4.78 is 27.2. The number of carbonyl (C=O) groups excluding carboxylic acids is 2. The number of amides is 2. The Labute approximate surface area is 201 Å². The maximum Gasteiger partial charge on any atom is 0.257 e. The van der Waals surface area contributed by atoms with E-state index in [0.29, 0.717) is 5.56 Å². The summed E-state index contributed by atoms with van der Waals surface area (Å²) in [6.07, 6.45) is 0. The zero-order chi connectivity index (χ0) is 24.5. The number of piperazine rings is 1. The number of fused-ring (bicyclic) bond motifs is 1. The molecule has 5 nitrogen and oxygen atoms in total. The molecule has 0 spiro atoms. The van der Waals surface area contributed by atoms with E-state index in [2.05, 4.69) is 11.8 Å². The third-order valence-electron chi connectivity index (χ3n) is 6.63. The second-order valence-electron chi connectivity index (χ2n) is 8.69. The molecule has 0 aromatic heterocycles. The Balaban J connectivity index is 1.35. The van der Waals surface area contributed by atoms with Crippen molar-refractivity contribution < 1.29 is 23.5 Å². The Hall–Kier alpha value is -4.02. The van der Waals surface area contributed by atoms with Crippen molar-refractivity contribution >= 4 is 11.8 Å². The molecule has 2 aliphatic heterocycles. The van der Waals surface area contributed by atoms with Crippen LogP contribution in [0.25, 0.3) is 0 Å². The number of aliphatic hydroxyl groups is 1. The van der Waals surface area contributed by atoms with Crippen LogP contribution in [-0.2, 0) is 4.79 Å². The monoisotopic (exact) mass is 472 g/mol. The summed E-state index contributed by atoms with van der Waals surface area (Å²) in [5, 5.41) is 9.98. The van der Waals surface area contributed by atoms with Gasteiger partial charge in [0.25, 0.3) is 5.91 Å². The highest BCUT2D eigenvalue weighted by atomic mass is 19.1. The lowest BCUT2D eigenvalue weighted by atomic mass is 9.73. The van der Waals surface area contributed by atoms with Gasteiger partial charge in [0.1, 0.15) is 18.2 Å². The normalized spacial score (nSPS) is 21.0. The summed E-state index contributed by atoms with van der Waals surface area (Å²) in [5.41, 5.74) is 2.33. The van der Waals surface area contributed by atoms with Gasteiger partial charge in [-0.2, -0.15) is 0 Å². The van der Waals surface area contributed by atoms with Gasteiger partial charge in [-0.1, -0.05) is 36.1 Å². The first-order valence-corrected chi connectivity index (χ1v) is 11.3. The first-order chi connectivity index (χ1) is 17.0. The van der Waals surface area contributed by atoms with Crippen molar-refractivity contribution in [2.45, 2.75) is 18.0 Å². The summed E-state index contributed by atoms with van der Waals surface area (Å²) in [4.78, 5) is 28.7. The highest BCUT2D eigenvalue weighted by molar-refractivity contribution is 5.97. The Morgan fingerprint density at radius 3 is 2.20 bits per heavy atom. The summed E-state index contributed by atoms with van der Waals surface area (Å²) in [6, 6.07) is 18.5. The number of benzene rings is 3. The predicted octanol–water partition coefficient (Wildman–Crippen LogP) is 3.18. The maximum atomic E-state index is 14.2. The van der Waals surface area contributed by atoms with Gasteiger partial charge in [-0.05, 0) is 54.1 Å². The lowest BCUT2D eigenvalue weighted by Crippen LogP contribution is -2.73. The van der Waals surface area contributed by atoms with E-state index in [1.807, 2.05) is 24.3 Å². The van der Waals surface area contributed by atoms with Crippen molar-refractivity contribution in [3.63, 3.8) is 0 Å². The number of aliphatic hydroxyl groups excluding tert-OH is 1. The molecule has 0 unspecified atom stereocenters. The molecule has 3 atom stereocenters. The molecule has 5 rings (SSSR count). The van der Waals surface area contributed by atoms with Crippen LogP contribution in [0.2, 0.25) is 0 Å². The van der Waals surface area contributed by atoms with Crippen LogP contribution in [0.3, 0.4) is 0 Å². The number of nitrogens with zero attached hydrogens (tertiary/aromatic N) is 2. The first-order valence-electron chi connectivity index (χ1n) is 11.3. The van der Waals surface area contributed by atoms with Crippen molar-refractivity contribution in [1.29, 1.82) is 0 Å². The minimum Gasteiger partial charge on any atom is -0.394 e. The lowest BCUT2D eigenvalue weighted by Gasteiger charge is -2.58. The SMILES string of the molecule is O=C(c1ccccc1F)N1CC(=O)N2[C@H](C1)[C@H](c1ccc(C#Cc3ccc(F)cc3)cc1)[C@@H]2CO. The number of carbonyl (C=O) groups is 2. The number of hydrogen-bond donors (Lipinski definition) is 1. The van der Waals surface area contributed by atoms with E-state index < -0.39 is 11.7 Å². The van der Waals surface area contributed by atoms with Crippen molar-refractivity contribution in [2.24, 2.45) is 0 Å². The summed E-state index contributed by atoms with van der Waals surface area (Å²) >= 11 is 0. The van der Waals surface area contributed by atoms with Gasteiger partial charge in [-0.25, -0.2) is 8.78 Å². The van der Waals surface area contributed by atoms with E-state index in [4.69, 9.17) is 0 Å². The molecule has 0 aliphatic carbocycles. The van der Waals surface area contributed by atoms with Gasteiger partial charge in [-0.3, -0.25) is 9.59 Å². The van der Waals surface area contributed by atoms with Crippen LogP contribution in [-0.4, -0.2) is 58.5 Å². The standard InChI is InChI=1S/C28H22F2N2O3/c29-21-13-9-19(10-14-21)6-5-18-7-11-20(12-8-18)27-24-15-31(16-26(34)32(24)25(27)17-33)28(35)22-3-1-2-4-23(22)30/h1-4,7-14,24-25,27,33H,15-17H2/t24-,25+,27+/m1/s1. The fourth-order valence-electron chi connectivity index (χ4n) is 4.93. The van der Waals surface area contributed by atoms with Crippen LogP contribution < -0.4 is 0 Å². The van der Waals surface area contributed by atoms with E-state index in [-0.39, 0.29) is 55.0 Å². The average Bonchev–Trinajstić information content (AvgIpc) is 2.85. The molecular formula is C28H22F2N2O3. The van der Waals surface area contributed by atoms with Gasteiger partial charge >= 0.3 is 0 Å². The van der Waals surface area contributed by atoms with Crippen LogP contribution in [0, 0.1) is 23.5 Å². The highest BCUT2D eigenvalue weighted by Crippen LogP contribution is 2.43. The molecule has 2 amide bonds. The second-order valence-corrected chi connectivity index (χ2v) is 8.69. The predicted molar refractivity (Wildman–Crippen MR) is 125 cm³/mol. The molecule has 0 saturated carbocycles. The summed E-state index contributed by atoms with van der Waals surface area (Å²) in [7, 11) is 0. The zero-order valence-electron chi connectivity index (χ0n) is 18.7. The van der Waals surface area contributed by atoms with E-state index in [0.717, 1.165) is 11.1 Å². The van der Waals surface area contributed by atoms with Gasteiger partial charge in [0, 0.05) is 23.6 Å². The number of halogens is 2. The molecule has 2 heterocycles. The van der Waals surface area contributed by atoms with Crippen LogP contribution in [0.5, 0.6) is 0 Å². The molecule has 3 aromatic rings. The van der Waals surface area contributed by atoms with E-state index in [1.54, 1.807) is 23.1 Å². The van der Waals surface area contributed by atoms with Crippen LogP contribution >= 0.6 is 0 Å². The van der Waals surface area contributed by atoms with Crippen LogP contribution in [0.15, 0.2) is 72.8 Å². The molecule has 2 fully saturated rings. The fourth-order valence-corrected chi connectivity index (χ4v) is 4.93. The first kappa shape index (κ1) is 22.8. The third-order valence-corrected chi connectivity index (χ3v) is 6.63. The smallest absolute Gasteiger partial charge is 0.257 e. The quantitative estimate of drug-likeness (QED) is 0.596. The molecule has 2 aliphatic rings. The molecule has 2 saturated heterocycles. The zero-order valence-corrected chi connectivity index (χ0v) is 18.7. The van der Waals surface area contributed by atoms with E-state index in [9.17, 15) is 23.5 Å². The van der Waals surface area contributed by atoms with Crippen molar-refractivity contribution in [3.05, 3.63) is 107 Å². The molecular weight excluding hydrogens is 450 g/mol. The number of rotatable bonds is 3. The van der Waals surface area contributed by atoms with Gasteiger partial charge < -0.3 is 14.9 Å². The topological polar surface area (TPSA) is 60.9 Å². The lowest BCUT2D eigenvalue weighted by molar-refractivity contribution is -0.159. The Morgan fingerprint density at radius 1 is 0.943 bits per heavy atom. The minimum atomic E-state index is -0.622. The van der Waals surface area contributed by atoms with Crippen molar-refractivity contribution in [2.75, 3.05) is 19.7 Å². The Bertz CT molecular complexity index is 1330. The van der Waals surface area contributed by atoms with Gasteiger partial charge in [0.2, 0.25) is 5.91 Å². The van der Waals surface area contributed by atoms with Crippen molar-refractivity contribution in [3.8, 4) is 11.8 Å². The molecule has 35 heavy (non-hydrogen) atoms. The Kier molecular flexibility index (Phi) is 6.06. The second kappa shape index (κ2) is 9.32. The number of hydrogen-bond acceptors (Lipinski definition) is 3. The summed E-state index contributed by atoms with van der Waals surface area (Å²) in [6.45, 7) is -0.0860. The van der Waals surface area contributed by atoms with E-state index >= 15 is 0 Å². The van der Waals surface area contributed by atoms with Crippen LogP contribution in [0.1, 0.15) is 33.0 Å². The molecule has 1 N–H and O–H groups in total. The van der Waals surface area contributed by atoms with Crippen LogP contribution in [0.4, 0.5) is 8.78 Å². The van der Waals surface area contributed by atoms with E-state index in [1.165, 1.54) is 35.2 Å². The van der Waals surface area contributed by atoms with Gasteiger partial charge in [0.05, 0.1) is 24.3 Å². The third kappa shape index (κ3) is 4.29. The van der Waals surface area contributed by atoms with Gasteiger partial charge in [-0.15, -0.1) is 0 Å². The maximum absolute atomic E-state index is 14.2. The molecule has 3 aromatic carbocycles. The van der Waals surface area contributed by atoms with Gasteiger partial charge in [0.15, 0.2) is 0 Å². The fraction of sp³-hybridized carbons (Fsp3) is 0.214. The molecule has 176 valence electrons. The molecule has 0 radical (unpaired) electrons. The molecule has 7 heteroatoms. The summed E-state index contributed by atoms with van der Waals surface area (Å²) in [5.74, 6) is 4.14. The van der Waals surface area contributed by atoms with Crippen molar-refractivity contribution in [1.82, 2.24) is 9.80 Å². The minimum absolute atomic E-state index is 0.0626. The highest BCUT2D eigenvalue weighted by Gasteiger charge is 2.54. The largest absolute Gasteiger partial charge is 0.394 e.